The van der Waals surface area contributed by atoms with Crippen molar-refractivity contribution in [2.24, 2.45) is 0 Å². The summed E-state index contributed by atoms with van der Waals surface area (Å²) in [6, 6.07) is 13.0. The highest BCUT2D eigenvalue weighted by molar-refractivity contribution is 6.33. The fourth-order valence-electron chi connectivity index (χ4n) is 3.75. The number of carboxylic acids is 2. The number of halogens is 1. The predicted molar refractivity (Wildman–Crippen MR) is 127 cm³/mol. The fraction of sp³-hybridized carbons (Fsp3) is 0.333. The molecular formula is C24H28ClN3O4. The van der Waals surface area contributed by atoms with Gasteiger partial charge < -0.3 is 25.8 Å². The first kappa shape index (κ1) is 23.6. The number of aliphatic carboxylic acids is 2. The number of carbonyl (C=O) groups is 2. The summed E-state index contributed by atoms with van der Waals surface area (Å²) >= 11 is 6.53. The highest BCUT2D eigenvalue weighted by atomic mass is 35.5. The summed E-state index contributed by atoms with van der Waals surface area (Å²) in [5.74, 6) is -2.15. The van der Waals surface area contributed by atoms with E-state index in [0.29, 0.717) is 0 Å². The maximum absolute atomic E-state index is 9.64. The molecule has 0 fully saturated rings. The first-order valence-electron chi connectivity index (χ1n) is 10.6. The molecule has 5 N–H and O–H groups in total. The summed E-state index contributed by atoms with van der Waals surface area (Å²) in [4.78, 5) is 22.6. The van der Waals surface area contributed by atoms with Gasteiger partial charge in [0, 0.05) is 17.8 Å². The molecule has 2 heterocycles. The van der Waals surface area contributed by atoms with E-state index in [-0.39, 0.29) is 18.9 Å². The molecule has 0 amide bonds. The zero-order valence-electron chi connectivity index (χ0n) is 18.0. The summed E-state index contributed by atoms with van der Waals surface area (Å²) < 4.78 is 0. The Balaban J connectivity index is 0.000000312. The van der Waals surface area contributed by atoms with Crippen molar-refractivity contribution in [3.8, 4) is 0 Å². The van der Waals surface area contributed by atoms with E-state index in [4.69, 9.17) is 21.8 Å². The fourth-order valence-corrected chi connectivity index (χ4v) is 3.98. The minimum absolute atomic E-state index is 0.193. The van der Waals surface area contributed by atoms with E-state index in [1.54, 1.807) is 0 Å². The second-order valence-electron chi connectivity index (χ2n) is 7.79. The van der Waals surface area contributed by atoms with Gasteiger partial charge in [-0.15, -0.1) is 0 Å². The summed E-state index contributed by atoms with van der Waals surface area (Å²) in [5.41, 5.74) is 6.28. The van der Waals surface area contributed by atoms with Gasteiger partial charge in [0.25, 0.3) is 0 Å². The van der Waals surface area contributed by atoms with Crippen molar-refractivity contribution in [3.63, 3.8) is 0 Å². The maximum atomic E-state index is 9.64. The molecule has 0 spiro atoms. The summed E-state index contributed by atoms with van der Waals surface area (Å²) in [6.45, 7) is 4.23. The average Bonchev–Trinajstić information content (AvgIpc) is 3.10. The highest BCUT2D eigenvalue weighted by Crippen LogP contribution is 2.33. The first-order chi connectivity index (χ1) is 15.3. The van der Waals surface area contributed by atoms with Gasteiger partial charge in [0.1, 0.15) is 0 Å². The first-order valence-corrected chi connectivity index (χ1v) is 11.0. The summed E-state index contributed by atoms with van der Waals surface area (Å²) in [6.07, 6.45) is 3.46. The number of nitrogens with one attached hydrogen (secondary N) is 3. The molecule has 0 bridgehead atoms. The minimum Gasteiger partial charge on any atom is -0.481 e. The lowest BCUT2D eigenvalue weighted by molar-refractivity contribution is -0.143. The van der Waals surface area contributed by atoms with Crippen LogP contribution in [0.1, 0.15) is 42.5 Å². The van der Waals surface area contributed by atoms with Gasteiger partial charge in [0.2, 0.25) is 0 Å². The zero-order chi connectivity index (χ0) is 23.1. The molecule has 0 radical (unpaired) electrons. The number of aromatic nitrogens is 1. The molecule has 1 aromatic heterocycles. The number of hydrogen-bond donors (Lipinski definition) is 5. The van der Waals surface area contributed by atoms with Gasteiger partial charge in [-0.2, -0.15) is 0 Å². The molecule has 32 heavy (non-hydrogen) atoms. The van der Waals surface area contributed by atoms with E-state index in [0.717, 1.165) is 36.6 Å². The van der Waals surface area contributed by atoms with Crippen LogP contribution in [0.25, 0.3) is 10.9 Å². The molecule has 1 aliphatic heterocycles. The summed E-state index contributed by atoms with van der Waals surface area (Å²) in [5, 5.41) is 25.0. The molecule has 0 aliphatic carbocycles. The third-order valence-electron chi connectivity index (χ3n) is 5.47. The number of aromatic amines is 1. The number of hydrogen-bond acceptors (Lipinski definition) is 4. The molecule has 1 unspecified atom stereocenters. The van der Waals surface area contributed by atoms with Gasteiger partial charge in [-0.3, -0.25) is 9.59 Å². The van der Waals surface area contributed by atoms with E-state index in [9.17, 15) is 9.59 Å². The Hall–Kier alpha value is -3.03. The Morgan fingerprint density at radius 1 is 1.06 bits per heavy atom. The second kappa shape index (κ2) is 11.0. The van der Waals surface area contributed by atoms with E-state index >= 15 is 0 Å². The topological polar surface area (TPSA) is 114 Å². The van der Waals surface area contributed by atoms with Crippen molar-refractivity contribution >= 4 is 40.1 Å². The van der Waals surface area contributed by atoms with Crippen LogP contribution >= 0.6 is 11.6 Å². The number of anilines is 1. The molecule has 7 nitrogen and oxygen atoms in total. The number of fused-ring (bicyclic) bond motifs is 2. The van der Waals surface area contributed by atoms with Crippen LogP contribution in [-0.4, -0.2) is 40.2 Å². The number of carboxylic acid groups (broad SMARTS) is 2. The highest BCUT2D eigenvalue weighted by Gasteiger charge is 2.17. The molecular weight excluding hydrogens is 430 g/mol. The largest absolute Gasteiger partial charge is 0.481 e. The third-order valence-corrected chi connectivity index (χ3v) is 5.79. The van der Waals surface area contributed by atoms with Crippen LogP contribution in [0.3, 0.4) is 0 Å². The van der Waals surface area contributed by atoms with Gasteiger partial charge in [-0.25, -0.2) is 0 Å². The molecule has 1 aliphatic rings. The predicted octanol–water partition coefficient (Wildman–Crippen LogP) is 4.62. The monoisotopic (exact) mass is 457 g/mol. The zero-order valence-corrected chi connectivity index (χ0v) is 18.7. The van der Waals surface area contributed by atoms with Crippen LogP contribution < -0.4 is 10.6 Å². The van der Waals surface area contributed by atoms with Crippen LogP contribution in [0.5, 0.6) is 0 Å². The van der Waals surface area contributed by atoms with E-state index < -0.39 is 11.9 Å². The molecule has 170 valence electrons. The van der Waals surface area contributed by atoms with Crippen LogP contribution in [0.4, 0.5) is 5.69 Å². The van der Waals surface area contributed by atoms with Crippen molar-refractivity contribution in [1.29, 1.82) is 0 Å². The quantitative estimate of drug-likeness (QED) is 0.369. The van der Waals surface area contributed by atoms with Crippen molar-refractivity contribution in [2.45, 2.75) is 38.6 Å². The SMILES string of the molecule is CC(Nc1c(Cl)ccc2c1CCNCC2)c1ccc2cc[nH]c2c1.O=C(O)CCC(=O)O. The number of H-pyrrole nitrogens is 1. The third kappa shape index (κ3) is 6.24. The minimum atomic E-state index is -1.08. The van der Waals surface area contributed by atoms with Crippen molar-refractivity contribution in [2.75, 3.05) is 18.4 Å². The molecule has 0 saturated carbocycles. The Morgan fingerprint density at radius 2 is 1.78 bits per heavy atom. The van der Waals surface area contributed by atoms with Crippen LogP contribution in [0.2, 0.25) is 5.02 Å². The smallest absolute Gasteiger partial charge is 0.303 e. The van der Waals surface area contributed by atoms with Crippen molar-refractivity contribution in [3.05, 3.63) is 64.3 Å². The Labute approximate surface area is 191 Å². The van der Waals surface area contributed by atoms with E-state index in [2.05, 4.69) is 52.9 Å². The molecule has 2 aromatic carbocycles. The molecule has 3 aromatic rings. The van der Waals surface area contributed by atoms with Gasteiger partial charge in [-0.1, -0.05) is 29.8 Å². The molecule has 1 atom stereocenters. The lowest BCUT2D eigenvalue weighted by Crippen LogP contribution is -2.16. The normalized spacial score (nSPS) is 13.9. The van der Waals surface area contributed by atoms with E-state index in [1.165, 1.54) is 27.6 Å². The standard InChI is InChI=1S/C20H22ClN3.C4H6O4/c1-13(16-3-2-15-7-11-23-19(15)12-16)24-20-17-8-10-22-9-6-14(17)4-5-18(20)21;5-3(6)1-2-4(7)8/h2-5,7,11-13,22-24H,6,8-10H2,1H3;1-2H2,(H,5,6)(H,7,8). The molecule has 8 heteroatoms. The molecule has 0 saturated heterocycles. The van der Waals surface area contributed by atoms with Crippen LogP contribution in [0.15, 0.2) is 42.6 Å². The van der Waals surface area contributed by atoms with Gasteiger partial charge in [-0.05, 0) is 73.1 Å². The lowest BCUT2D eigenvalue weighted by atomic mass is 9.99. The van der Waals surface area contributed by atoms with Crippen LogP contribution in [0, 0.1) is 0 Å². The maximum Gasteiger partial charge on any atom is 0.303 e. The lowest BCUT2D eigenvalue weighted by Gasteiger charge is -2.21. The summed E-state index contributed by atoms with van der Waals surface area (Å²) in [7, 11) is 0. The Kier molecular flexibility index (Phi) is 8.14. The van der Waals surface area contributed by atoms with Gasteiger partial charge in [0.15, 0.2) is 0 Å². The number of rotatable bonds is 6. The van der Waals surface area contributed by atoms with Crippen LogP contribution in [-0.2, 0) is 22.4 Å². The Morgan fingerprint density at radius 3 is 2.50 bits per heavy atom. The number of benzene rings is 2. The van der Waals surface area contributed by atoms with Gasteiger partial charge >= 0.3 is 11.9 Å². The van der Waals surface area contributed by atoms with Crippen molar-refractivity contribution < 1.29 is 19.8 Å². The Bertz CT molecular complexity index is 1080. The average molecular weight is 458 g/mol. The second-order valence-corrected chi connectivity index (χ2v) is 8.20. The molecule has 4 rings (SSSR count). The van der Waals surface area contributed by atoms with Crippen molar-refractivity contribution in [1.82, 2.24) is 10.3 Å². The van der Waals surface area contributed by atoms with Gasteiger partial charge in [0.05, 0.1) is 23.6 Å². The van der Waals surface area contributed by atoms with E-state index in [1.807, 2.05) is 12.3 Å².